The molecule has 1 rings (SSSR count). The van der Waals surface area contributed by atoms with Crippen molar-refractivity contribution < 1.29 is 0 Å². The molecule has 0 N–H and O–H groups in total. The second-order valence-electron chi connectivity index (χ2n) is 2.65. The molecular formula is C8H22N2. The normalized spacial score (nSPS) is 21.0. The highest BCUT2D eigenvalue weighted by molar-refractivity contribution is 4.60. The Kier molecular flexibility index (Phi) is 7.15. The van der Waals surface area contributed by atoms with Crippen molar-refractivity contribution in [3.63, 3.8) is 0 Å². The molecule has 1 aliphatic rings. The Labute approximate surface area is 65.8 Å². The molecule has 0 radical (unpaired) electrons. The minimum atomic E-state index is 0. The van der Waals surface area contributed by atoms with Crippen molar-refractivity contribution in [3.8, 4) is 0 Å². The Bertz CT molecular complexity index is 65.7. The standard InChI is InChI=1S/C6H14N2.2CH4/c1-7-4-3-5-8(2)6-7;;/h3-6H2,1-2H3;2*1H4. The molecule has 10 heavy (non-hydrogen) atoms. The predicted molar refractivity (Wildman–Crippen MR) is 48.2 cm³/mol. The van der Waals surface area contributed by atoms with Crippen LogP contribution >= 0.6 is 0 Å². The molecule has 0 saturated carbocycles. The van der Waals surface area contributed by atoms with E-state index in [1.54, 1.807) is 0 Å². The van der Waals surface area contributed by atoms with Gasteiger partial charge in [0.25, 0.3) is 0 Å². The van der Waals surface area contributed by atoms with E-state index < -0.39 is 0 Å². The van der Waals surface area contributed by atoms with Gasteiger partial charge in [-0.3, -0.25) is 9.80 Å². The van der Waals surface area contributed by atoms with Gasteiger partial charge in [-0.2, -0.15) is 0 Å². The lowest BCUT2D eigenvalue weighted by atomic mass is 10.3. The average molecular weight is 146 g/mol. The van der Waals surface area contributed by atoms with Gasteiger partial charge in [-0.15, -0.1) is 0 Å². The van der Waals surface area contributed by atoms with Crippen LogP contribution in [0.3, 0.4) is 0 Å². The van der Waals surface area contributed by atoms with E-state index >= 15 is 0 Å². The number of rotatable bonds is 0. The Balaban J connectivity index is 0. The molecule has 1 fully saturated rings. The minimum Gasteiger partial charge on any atom is -0.294 e. The fraction of sp³-hybridized carbons (Fsp3) is 1.00. The molecule has 0 aromatic rings. The van der Waals surface area contributed by atoms with Crippen LogP contribution in [0.15, 0.2) is 0 Å². The van der Waals surface area contributed by atoms with Crippen molar-refractivity contribution in [2.24, 2.45) is 0 Å². The van der Waals surface area contributed by atoms with Gasteiger partial charge < -0.3 is 0 Å². The van der Waals surface area contributed by atoms with Gasteiger partial charge >= 0.3 is 0 Å². The smallest absolute Gasteiger partial charge is 0.0500 e. The molecule has 0 amide bonds. The summed E-state index contributed by atoms with van der Waals surface area (Å²) < 4.78 is 0. The van der Waals surface area contributed by atoms with Gasteiger partial charge in [-0.25, -0.2) is 0 Å². The van der Waals surface area contributed by atoms with Crippen LogP contribution in [0.4, 0.5) is 0 Å². The monoisotopic (exact) mass is 146 g/mol. The fourth-order valence-electron chi connectivity index (χ4n) is 1.16. The largest absolute Gasteiger partial charge is 0.294 e. The first-order chi connectivity index (χ1) is 3.79. The molecular weight excluding hydrogens is 124 g/mol. The lowest BCUT2D eigenvalue weighted by molar-refractivity contribution is 0.133. The molecule has 64 valence electrons. The third-order valence-electron chi connectivity index (χ3n) is 1.56. The van der Waals surface area contributed by atoms with Gasteiger partial charge in [-0.1, -0.05) is 14.9 Å². The van der Waals surface area contributed by atoms with Gasteiger partial charge in [0, 0.05) is 13.1 Å². The van der Waals surface area contributed by atoms with E-state index in [-0.39, 0.29) is 14.9 Å². The summed E-state index contributed by atoms with van der Waals surface area (Å²) in [6.45, 7) is 3.68. The Morgan fingerprint density at radius 3 is 1.50 bits per heavy atom. The van der Waals surface area contributed by atoms with Gasteiger partial charge in [0.2, 0.25) is 0 Å². The van der Waals surface area contributed by atoms with Crippen LogP contribution in [-0.4, -0.2) is 43.7 Å². The van der Waals surface area contributed by atoms with E-state index in [1.807, 2.05) is 0 Å². The van der Waals surface area contributed by atoms with Crippen LogP contribution in [0, 0.1) is 0 Å². The number of nitrogens with zero attached hydrogens (tertiary/aromatic N) is 2. The minimum absolute atomic E-state index is 0. The lowest BCUT2D eigenvalue weighted by Crippen LogP contribution is -2.40. The zero-order chi connectivity index (χ0) is 5.98. The molecule has 0 unspecified atom stereocenters. The van der Waals surface area contributed by atoms with Crippen LogP contribution in [0.2, 0.25) is 0 Å². The van der Waals surface area contributed by atoms with Crippen LogP contribution in [0.5, 0.6) is 0 Å². The zero-order valence-electron chi connectivity index (χ0n) is 5.72. The molecule has 0 bridgehead atoms. The molecule has 2 nitrogen and oxygen atoms in total. The number of hydrogen-bond acceptors (Lipinski definition) is 2. The average Bonchev–Trinajstić information content (AvgIpc) is 1.64. The summed E-state index contributed by atoms with van der Waals surface area (Å²) in [7, 11) is 4.32. The summed E-state index contributed by atoms with van der Waals surface area (Å²) in [4.78, 5) is 4.67. The fourth-order valence-corrected chi connectivity index (χ4v) is 1.16. The number of hydrogen-bond donors (Lipinski definition) is 0. The van der Waals surface area contributed by atoms with E-state index in [0.717, 1.165) is 6.67 Å². The Morgan fingerprint density at radius 2 is 1.30 bits per heavy atom. The molecule has 0 aliphatic carbocycles. The molecule has 0 spiro atoms. The van der Waals surface area contributed by atoms with E-state index in [0.29, 0.717) is 0 Å². The molecule has 0 aromatic carbocycles. The SMILES string of the molecule is C.C.CN1CCCN(C)C1. The van der Waals surface area contributed by atoms with E-state index in [4.69, 9.17) is 0 Å². The second kappa shape index (κ2) is 5.69. The molecule has 1 saturated heterocycles. The molecule has 0 aromatic heterocycles. The quantitative estimate of drug-likeness (QED) is 0.511. The van der Waals surface area contributed by atoms with Gasteiger partial charge in [0.1, 0.15) is 0 Å². The summed E-state index contributed by atoms with van der Waals surface area (Å²) in [5.74, 6) is 0. The van der Waals surface area contributed by atoms with Crippen molar-refractivity contribution in [1.82, 2.24) is 9.80 Å². The molecule has 0 atom stereocenters. The zero-order valence-corrected chi connectivity index (χ0v) is 5.72. The van der Waals surface area contributed by atoms with Gasteiger partial charge in [0.15, 0.2) is 0 Å². The highest BCUT2D eigenvalue weighted by Crippen LogP contribution is 1.98. The van der Waals surface area contributed by atoms with Crippen LogP contribution in [-0.2, 0) is 0 Å². The first kappa shape index (κ1) is 12.6. The maximum atomic E-state index is 2.34. The van der Waals surface area contributed by atoms with Crippen LogP contribution < -0.4 is 0 Å². The van der Waals surface area contributed by atoms with Gasteiger partial charge in [-0.05, 0) is 20.5 Å². The third kappa shape index (κ3) is 3.85. The van der Waals surface area contributed by atoms with Crippen LogP contribution in [0.1, 0.15) is 21.3 Å². The highest BCUT2D eigenvalue weighted by Gasteiger charge is 2.08. The second-order valence-corrected chi connectivity index (χ2v) is 2.65. The Morgan fingerprint density at radius 1 is 0.900 bits per heavy atom. The van der Waals surface area contributed by atoms with Crippen molar-refractivity contribution in [2.45, 2.75) is 21.3 Å². The predicted octanol–water partition coefficient (Wildman–Crippen LogP) is 1.48. The van der Waals surface area contributed by atoms with E-state index in [2.05, 4.69) is 23.9 Å². The van der Waals surface area contributed by atoms with Gasteiger partial charge in [0.05, 0.1) is 6.67 Å². The topological polar surface area (TPSA) is 6.48 Å². The van der Waals surface area contributed by atoms with E-state index in [9.17, 15) is 0 Å². The molecule has 1 aliphatic heterocycles. The van der Waals surface area contributed by atoms with Crippen molar-refractivity contribution in [1.29, 1.82) is 0 Å². The first-order valence-corrected chi connectivity index (χ1v) is 3.16. The molecule has 1 heterocycles. The summed E-state index contributed by atoms with van der Waals surface area (Å²) in [6, 6.07) is 0. The summed E-state index contributed by atoms with van der Waals surface area (Å²) in [5.41, 5.74) is 0. The van der Waals surface area contributed by atoms with Crippen molar-refractivity contribution >= 4 is 0 Å². The van der Waals surface area contributed by atoms with Crippen molar-refractivity contribution in [3.05, 3.63) is 0 Å². The highest BCUT2D eigenvalue weighted by atomic mass is 15.3. The lowest BCUT2D eigenvalue weighted by Gasteiger charge is -2.29. The van der Waals surface area contributed by atoms with Crippen LogP contribution in [0.25, 0.3) is 0 Å². The maximum absolute atomic E-state index is 2.34. The maximum Gasteiger partial charge on any atom is 0.0500 e. The first-order valence-electron chi connectivity index (χ1n) is 3.16. The van der Waals surface area contributed by atoms with E-state index in [1.165, 1.54) is 19.5 Å². The molecule has 2 heteroatoms. The third-order valence-corrected chi connectivity index (χ3v) is 1.56. The van der Waals surface area contributed by atoms with Crippen molar-refractivity contribution in [2.75, 3.05) is 33.9 Å². The summed E-state index contributed by atoms with van der Waals surface area (Å²) in [6.07, 6.45) is 1.33. The summed E-state index contributed by atoms with van der Waals surface area (Å²) >= 11 is 0. The summed E-state index contributed by atoms with van der Waals surface area (Å²) in [5, 5.41) is 0. The Hall–Kier alpha value is -0.0800.